The van der Waals surface area contributed by atoms with Gasteiger partial charge in [0.1, 0.15) is 11.6 Å². The Labute approximate surface area is 123 Å². The van der Waals surface area contributed by atoms with Gasteiger partial charge in [-0.15, -0.1) is 0 Å². The van der Waals surface area contributed by atoms with Crippen LogP contribution >= 0.6 is 0 Å². The topological polar surface area (TPSA) is 9.23 Å². The van der Waals surface area contributed by atoms with Crippen molar-refractivity contribution in [3.63, 3.8) is 0 Å². The van der Waals surface area contributed by atoms with Gasteiger partial charge in [-0.25, -0.2) is 4.39 Å². The third kappa shape index (κ3) is 2.65. The zero-order chi connectivity index (χ0) is 14.7. The van der Waals surface area contributed by atoms with Gasteiger partial charge in [-0.05, 0) is 34.9 Å². The number of benzene rings is 3. The van der Waals surface area contributed by atoms with E-state index < -0.39 is 0 Å². The van der Waals surface area contributed by atoms with Crippen LogP contribution in [-0.2, 0) is 0 Å². The maximum absolute atomic E-state index is 13.2. The van der Waals surface area contributed by atoms with E-state index in [0.717, 1.165) is 28.0 Å². The maximum atomic E-state index is 13.2. The van der Waals surface area contributed by atoms with E-state index in [-0.39, 0.29) is 5.82 Å². The van der Waals surface area contributed by atoms with E-state index in [4.69, 9.17) is 4.74 Å². The van der Waals surface area contributed by atoms with E-state index in [1.807, 2.05) is 30.3 Å². The van der Waals surface area contributed by atoms with Gasteiger partial charge in [-0.1, -0.05) is 54.6 Å². The highest BCUT2D eigenvalue weighted by atomic mass is 19.1. The largest absolute Gasteiger partial charge is 0.496 e. The van der Waals surface area contributed by atoms with Crippen LogP contribution in [0.2, 0.25) is 0 Å². The molecular weight excluding hydrogens is 263 g/mol. The molecule has 0 amide bonds. The molecule has 0 radical (unpaired) electrons. The summed E-state index contributed by atoms with van der Waals surface area (Å²) in [6, 6.07) is 22.5. The molecule has 0 aliphatic rings. The molecule has 1 nitrogen and oxygen atoms in total. The lowest BCUT2D eigenvalue weighted by Crippen LogP contribution is -1.91. The Morgan fingerprint density at radius 1 is 0.714 bits per heavy atom. The summed E-state index contributed by atoms with van der Waals surface area (Å²) in [7, 11) is 1.65. The summed E-state index contributed by atoms with van der Waals surface area (Å²) >= 11 is 0. The van der Waals surface area contributed by atoms with E-state index in [9.17, 15) is 4.39 Å². The smallest absolute Gasteiger partial charge is 0.127 e. The van der Waals surface area contributed by atoms with Gasteiger partial charge in [0.05, 0.1) is 7.11 Å². The number of halogens is 1. The van der Waals surface area contributed by atoms with Crippen LogP contribution in [-0.4, -0.2) is 7.11 Å². The SMILES string of the molecule is COc1cccc(-c2ccccc2)c1-c1ccc(F)cc1. The van der Waals surface area contributed by atoms with E-state index in [2.05, 4.69) is 18.2 Å². The number of ether oxygens (including phenoxy) is 1. The molecule has 21 heavy (non-hydrogen) atoms. The fourth-order valence-corrected chi connectivity index (χ4v) is 2.47. The molecule has 0 aliphatic heterocycles. The Hall–Kier alpha value is -2.61. The second-order valence-electron chi connectivity index (χ2n) is 4.76. The first-order valence-corrected chi connectivity index (χ1v) is 6.78. The summed E-state index contributed by atoms with van der Waals surface area (Å²) in [5.41, 5.74) is 4.09. The molecule has 2 heteroatoms. The molecule has 0 aliphatic carbocycles. The summed E-state index contributed by atoms with van der Waals surface area (Å²) in [6.07, 6.45) is 0. The lowest BCUT2D eigenvalue weighted by molar-refractivity contribution is 0.416. The van der Waals surface area contributed by atoms with Crippen molar-refractivity contribution >= 4 is 0 Å². The maximum Gasteiger partial charge on any atom is 0.127 e. The summed E-state index contributed by atoms with van der Waals surface area (Å²) in [5, 5.41) is 0. The van der Waals surface area contributed by atoms with Crippen molar-refractivity contribution < 1.29 is 9.13 Å². The first-order valence-electron chi connectivity index (χ1n) is 6.78. The highest BCUT2D eigenvalue weighted by Crippen LogP contribution is 2.38. The van der Waals surface area contributed by atoms with Gasteiger partial charge < -0.3 is 4.74 Å². The second-order valence-corrected chi connectivity index (χ2v) is 4.76. The van der Waals surface area contributed by atoms with Crippen molar-refractivity contribution in [2.75, 3.05) is 7.11 Å². The van der Waals surface area contributed by atoms with Crippen LogP contribution in [0.1, 0.15) is 0 Å². The minimum absolute atomic E-state index is 0.241. The first kappa shape index (κ1) is 13.4. The van der Waals surface area contributed by atoms with Crippen molar-refractivity contribution in [1.29, 1.82) is 0 Å². The minimum atomic E-state index is -0.241. The van der Waals surface area contributed by atoms with Crippen molar-refractivity contribution in [1.82, 2.24) is 0 Å². The molecule has 0 saturated carbocycles. The van der Waals surface area contributed by atoms with Crippen LogP contribution < -0.4 is 4.74 Å². The van der Waals surface area contributed by atoms with E-state index in [1.165, 1.54) is 12.1 Å². The first-order chi connectivity index (χ1) is 10.3. The summed E-state index contributed by atoms with van der Waals surface area (Å²) in [6.45, 7) is 0. The van der Waals surface area contributed by atoms with Gasteiger partial charge >= 0.3 is 0 Å². The zero-order valence-corrected chi connectivity index (χ0v) is 11.7. The predicted molar refractivity (Wildman–Crippen MR) is 83.8 cm³/mol. The van der Waals surface area contributed by atoms with E-state index in [1.54, 1.807) is 19.2 Å². The number of hydrogen-bond donors (Lipinski definition) is 0. The molecule has 104 valence electrons. The van der Waals surface area contributed by atoms with Crippen LogP contribution in [0.3, 0.4) is 0 Å². The highest BCUT2D eigenvalue weighted by molar-refractivity contribution is 5.87. The molecule has 3 rings (SSSR count). The van der Waals surface area contributed by atoms with Crippen LogP contribution in [0.25, 0.3) is 22.3 Å². The summed E-state index contributed by atoms with van der Waals surface area (Å²) in [4.78, 5) is 0. The Morgan fingerprint density at radius 2 is 1.43 bits per heavy atom. The van der Waals surface area contributed by atoms with Crippen LogP contribution in [0.5, 0.6) is 5.75 Å². The molecule has 0 heterocycles. The Bertz CT molecular complexity index is 733. The fraction of sp³-hybridized carbons (Fsp3) is 0.0526. The number of rotatable bonds is 3. The molecule has 0 spiro atoms. The van der Waals surface area contributed by atoms with Crippen molar-refractivity contribution in [2.24, 2.45) is 0 Å². The average molecular weight is 278 g/mol. The van der Waals surface area contributed by atoms with Gasteiger partial charge in [0, 0.05) is 5.56 Å². The number of methoxy groups -OCH3 is 1. The zero-order valence-electron chi connectivity index (χ0n) is 11.7. The lowest BCUT2D eigenvalue weighted by Gasteiger charge is -2.14. The number of hydrogen-bond acceptors (Lipinski definition) is 1. The van der Waals surface area contributed by atoms with Crippen LogP contribution in [0.4, 0.5) is 4.39 Å². The molecule has 0 bridgehead atoms. The summed E-state index contributed by atoms with van der Waals surface area (Å²) in [5.74, 6) is 0.540. The standard InChI is InChI=1S/C19H15FO/c1-21-18-9-5-8-17(14-6-3-2-4-7-14)19(18)15-10-12-16(20)13-11-15/h2-13H,1H3. The normalized spacial score (nSPS) is 10.4. The third-order valence-corrected chi connectivity index (χ3v) is 3.46. The van der Waals surface area contributed by atoms with Gasteiger partial charge in [0.2, 0.25) is 0 Å². The molecule has 0 saturated heterocycles. The van der Waals surface area contributed by atoms with Gasteiger partial charge in [-0.2, -0.15) is 0 Å². The molecule has 0 fully saturated rings. The van der Waals surface area contributed by atoms with Crippen LogP contribution in [0, 0.1) is 5.82 Å². The van der Waals surface area contributed by atoms with Gasteiger partial charge in [-0.3, -0.25) is 0 Å². The quantitative estimate of drug-likeness (QED) is 0.642. The van der Waals surface area contributed by atoms with Gasteiger partial charge in [0.15, 0.2) is 0 Å². The molecule has 3 aromatic rings. The fourth-order valence-electron chi connectivity index (χ4n) is 2.47. The molecular formula is C19H15FO. The third-order valence-electron chi connectivity index (χ3n) is 3.46. The van der Waals surface area contributed by atoms with Crippen LogP contribution in [0.15, 0.2) is 72.8 Å². The van der Waals surface area contributed by atoms with Crippen molar-refractivity contribution in [2.45, 2.75) is 0 Å². The van der Waals surface area contributed by atoms with E-state index >= 15 is 0 Å². The average Bonchev–Trinajstić information content (AvgIpc) is 2.56. The molecule has 0 N–H and O–H groups in total. The highest BCUT2D eigenvalue weighted by Gasteiger charge is 2.12. The molecule has 0 atom stereocenters. The monoisotopic (exact) mass is 278 g/mol. The molecule has 3 aromatic carbocycles. The van der Waals surface area contributed by atoms with E-state index in [0.29, 0.717) is 0 Å². The van der Waals surface area contributed by atoms with Crippen molar-refractivity contribution in [3.8, 4) is 28.0 Å². The molecule has 0 unspecified atom stereocenters. The van der Waals surface area contributed by atoms with Crippen molar-refractivity contribution in [3.05, 3.63) is 78.6 Å². The Balaban J connectivity index is 2.24. The molecule has 0 aromatic heterocycles. The minimum Gasteiger partial charge on any atom is -0.496 e. The second kappa shape index (κ2) is 5.80. The lowest BCUT2D eigenvalue weighted by atomic mass is 9.94. The Kier molecular flexibility index (Phi) is 3.69. The van der Waals surface area contributed by atoms with Gasteiger partial charge in [0.25, 0.3) is 0 Å². The summed E-state index contributed by atoms with van der Waals surface area (Å²) < 4.78 is 18.7. The predicted octanol–water partition coefficient (Wildman–Crippen LogP) is 5.17. The Morgan fingerprint density at radius 3 is 2.10 bits per heavy atom.